The minimum atomic E-state index is -0.666. The van der Waals surface area contributed by atoms with Gasteiger partial charge in [0.25, 0.3) is 0 Å². The Labute approximate surface area is 137 Å². The molecule has 1 N–H and O–H groups in total. The number of nitriles is 1. The predicted octanol–water partition coefficient (Wildman–Crippen LogP) is 3.28. The predicted molar refractivity (Wildman–Crippen MR) is 81.2 cm³/mol. The van der Waals surface area contributed by atoms with Gasteiger partial charge in [-0.3, -0.25) is 4.90 Å². The molecule has 1 aliphatic heterocycles. The molecule has 1 aliphatic rings. The van der Waals surface area contributed by atoms with Crippen molar-refractivity contribution >= 4 is 0 Å². The molecule has 3 rings (SSSR count). The Balaban J connectivity index is 1.87. The van der Waals surface area contributed by atoms with Gasteiger partial charge in [-0.1, -0.05) is 6.07 Å². The van der Waals surface area contributed by atoms with Crippen LogP contribution in [0.5, 0.6) is 0 Å². The summed E-state index contributed by atoms with van der Waals surface area (Å²) < 4.78 is 41.3. The molecule has 0 bridgehead atoms. The summed E-state index contributed by atoms with van der Waals surface area (Å²) in [4.78, 5) is 1.78. The molecular formula is C18H15F3N2O. The highest BCUT2D eigenvalue weighted by molar-refractivity contribution is 5.33. The van der Waals surface area contributed by atoms with Crippen molar-refractivity contribution in [3.8, 4) is 6.07 Å². The van der Waals surface area contributed by atoms with Crippen molar-refractivity contribution in [1.82, 2.24) is 4.90 Å². The largest absolute Gasteiger partial charge is 0.392 e. The minimum absolute atomic E-state index is 0.0482. The molecule has 0 aromatic heterocycles. The van der Waals surface area contributed by atoms with Gasteiger partial charge in [0.15, 0.2) is 0 Å². The SMILES string of the molecule is N#Cc1ccc(CN2C[C@H](O)C[C@H]2c2cc(F)ccc2F)cc1F. The Morgan fingerprint density at radius 3 is 2.62 bits per heavy atom. The van der Waals surface area contributed by atoms with Gasteiger partial charge in [-0.2, -0.15) is 5.26 Å². The van der Waals surface area contributed by atoms with Crippen molar-refractivity contribution in [2.24, 2.45) is 0 Å². The number of nitrogens with zero attached hydrogens (tertiary/aromatic N) is 2. The molecule has 0 aliphatic carbocycles. The van der Waals surface area contributed by atoms with Gasteiger partial charge in [-0.25, -0.2) is 13.2 Å². The van der Waals surface area contributed by atoms with Crippen LogP contribution in [0, 0.1) is 28.8 Å². The van der Waals surface area contributed by atoms with Crippen LogP contribution in [0.1, 0.15) is 29.2 Å². The summed E-state index contributed by atoms with van der Waals surface area (Å²) in [6.07, 6.45) is -0.389. The molecule has 6 heteroatoms. The summed E-state index contributed by atoms with van der Waals surface area (Å²) in [6.45, 7) is 0.544. The number of β-amino-alcohol motifs (C(OH)–C–C–N with tert-alkyl or cyclic N) is 1. The van der Waals surface area contributed by atoms with Crippen LogP contribution in [0.4, 0.5) is 13.2 Å². The van der Waals surface area contributed by atoms with Crippen LogP contribution in [0.15, 0.2) is 36.4 Å². The summed E-state index contributed by atoms with van der Waals surface area (Å²) in [5.74, 6) is -1.70. The number of halogens is 3. The molecule has 24 heavy (non-hydrogen) atoms. The van der Waals surface area contributed by atoms with Gasteiger partial charge in [0.2, 0.25) is 0 Å². The highest BCUT2D eigenvalue weighted by atomic mass is 19.1. The van der Waals surface area contributed by atoms with Crippen LogP contribution in [-0.4, -0.2) is 22.7 Å². The summed E-state index contributed by atoms with van der Waals surface area (Å²) in [5, 5.41) is 18.7. The third kappa shape index (κ3) is 3.28. The molecule has 0 radical (unpaired) electrons. The number of benzene rings is 2. The lowest BCUT2D eigenvalue weighted by Crippen LogP contribution is -2.25. The number of aliphatic hydroxyl groups excluding tert-OH is 1. The van der Waals surface area contributed by atoms with E-state index in [0.717, 1.165) is 18.2 Å². The molecule has 1 saturated heterocycles. The van der Waals surface area contributed by atoms with E-state index in [0.29, 0.717) is 5.56 Å². The number of rotatable bonds is 3. The minimum Gasteiger partial charge on any atom is -0.392 e. The second kappa shape index (κ2) is 6.63. The second-order valence-electron chi connectivity index (χ2n) is 5.93. The van der Waals surface area contributed by atoms with E-state index in [9.17, 15) is 18.3 Å². The molecule has 1 fully saturated rings. The van der Waals surface area contributed by atoms with Gasteiger partial charge in [0.1, 0.15) is 23.5 Å². The van der Waals surface area contributed by atoms with Gasteiger partial charge < -0.3 is 5.11 Å². The first-order chi connectivity index (χ1) is 11.5. The number of hydrogen-bond donors (Lipinski definition) is 1. The van der Waals surface area contributed by atoms with E-state index in [1.807, 2.05) is 0 Å². The van der Waals surface area contributed by atoms with Gasteiger partial charge in [-0.05, 0) is 42.3 Å². The van der Waals surface area contributed by atoms with E-state index in [4.69, 9.17) is 5.26 Å². The zero-order valence-corrected chi connectivity index (χ0v) is 12.7. The number of aliphatic hydroxyl groups is 1. The molecule has 2 aromatic carbocycles. The average Bonchev–Trinajstić information content (AvgIpc) is 2.90. The normalized spacial score (nSPS) is 21.0. The summed E-state index contributed by atoms with van der Waals surface area (Å²) >= 11 is 0. The monoisotopic (exact) mass is 332 g/mol. The van der Waals surface area contributed by atoms with E-state index >= 15 is 0 Å². The Kier molecular flexibility index (Phi) is 4.56. The van der Waals surface area contributed by atoms with Crippen molar-refractivity contribution in [3.63, 3.8) is 0 Å². The molecule has 0 saturated carbocycles. The first-order valence-electron chi connectivity index (χ1n) is 7.53. The zero-order chi connectivity index (χ0) is 17.3. The van der Waals surface area contributed by atoms with Gasteiger partial charge in [0.05, 0.1) is 11.7 Å². The average molecular weight is 332 g/mol. The third-order valence-electron chi connectivity index (χ3n) is 4.24. The Morgan fingerprint density at radius 2 is 1.92 bits per heavy atom. The molecule has 124 valence electrons. The summed E-state index contributed by atoms with van der Waals surface area (Å²) in [6, 6.07) is 8.75. The standard InChI is InChI=1S/C18H15F3N2O/c19-13-3-4-16(20)15(6-13)18-7-14(24)10-23(18)9-11-1-2-12(8-22)17(21)5-11/h1-6,14,18,24H,7,9-10H2/t14-,18+/m1/s1. The number of hydrogen-bond acceptors (Lipinski definition) is 3. The molecule has 3 nitrogen and oxygen atoms in total. The molecule has 1 heterocycles. The molecular weight excluding hydrogens is 317 g/mol. The lowest BCUT2D eigenvalue weighted by Gasteiger charge is -2.25. The zero-order valence-electron chi connectivity index (χ0n) is 12.7. The van der Waals surface area contributed by atoms with Crippen molar-refractivity contribution in [2.45, 2.75) is 25.1 Å². The van der Waals surface area contributed by atoms with Gasteiger partial charge >= 0.3 is 0 Å². The van der Waals surface area contributed by atoms with Crippen molar-refractivity contribution < 1.29 is 18.3 Å². The maximum Gasteiger partial charge on any atom is 0.141 e. The summed E-state index contributed by atoms with van der Waals surface area (Å²) in [5.41, 5.74) is 0.732. The third-order valence-corrected chi connectivity index (χ3v) is 4.24. The number of likely N-dealkylation sites (tertiary alicyclic amines) is 1. The van der Waals surface area contributed by atoms with Crippen LogP contribution < -0.4 is 0 Å². The topological polar surface area (TPSA) is 47.3 Å². The van der Waals surface area contributed by atoms with Crippen LogP contribution in [-0.2, 0) is 6.54 Å². The maximum atomic E-state index is 14.1. The summed E-state index contributed by atoms with van der Waals surface area (Å²) in [7, 11) is 0. The lowest BCUT2D eigenvalue weighted by atomic mass is 10.0. The highest BCUT2D eigenvalue weighted by Gasteiger charge is 2.33. The van der Waals surface area contributed by atoms with Crippen molar-refractivity contribution in [1.29, 1.82) is 5.26 Å². The fraction of sp³-hybridized carbons (Fsp3) is 0.278. The van der Waals surface area contributed by atoms with Gasteiger partial charge in [-0.15, -0.1) is 0 Å². The van der Waals surface area contributed by atoms with Crippen LogP contribution >= 0.6 is 0 Å². The van der Waals surface area contributed by atoms with E-state index in [-0.39, 0.29) is 30.6 Å². The molecule has 0 spiro atoms. The lowest BCUT2D eigenvalue weighted by molar-refractivity contribution is 0.172. The Bertz CT molecular complexity index is 803. The first-order valence-corrected chi connectivity index (χ1v) is 7.53. The van der Waals surface area contributed by atoms with E-state index in [1.54, 1.807) is 17.0 Å². The van der Waals surface area contributed by atoms with Crippen molar-refractivity contribution in [2.75, 3.05) is 6.54 Å². The molecule has 2 aromatic rings. The smallest absolute Gasteiger partial charge is 0.141 e. The van der Waals surface area contributed by atoms with E-state index in [1.165, 1.54) is 12.1 Å². The second-order valence-corrected chi connectivity index (χ2v) is 5.93. The molecule has 2 atom stereocenters. The molecule has 0 amide bonds. The van der Waals surface area contributed by atoms with Crippen LogP contribution in [0.2, 0.25) is 0 Å². The van der Waals surface area contributed by atoms with Crippen molar-refractivity contribution in [3.05, 3.63) is 70.5 Å². The quantitative estimate of drug-likeness (QED) is 0.938. The van der Waals surface area contributed by atoms with Crippen LogP contribution in [0.3, 0.4) is 0 Å². The van der Waals surface area contributed by atoms with E-state index < -0.39 is 29.6 Å². The highest BCUT2D eigenvalue weighted by Crippen LogP contribution is 2.35. The molecule has 0 unspecified atom stereocenters. The van der Waals surface area contributed by atoms with Crippen LogP contribution in [0.25, 0.3) is 0 Å². The van der Waals surface area contributed by atoms with E-state index in [2.05, 4.69) is 0 Å². The fourth-order valence-corrected chi connectivity index (χ4v) is 3.13. The Morgan fingerprint density at radius 1 is 1.12 bits per heavy atom. The maximum absolute atomic E-state index is 14.1. The first kappa shape index (κ1) is 16.5. The fourth-order valence-electron chi connectivity index (χ4n) is 3.13. The Hall–Kier alpha value is -2.36. The van der Waals surface area contributed by atoms with Gasteiger partial charge in [0, 0.05) is 24.7 Å².